The first-order valence-corrected chi connectivity index (χ1v) is 6.05. The number of aromatic amines is 1. The standard InChI is InChI=1S/C10H11ClN2OS/c11-7-2-3-8-9(6-7)13-10(12-8)15-5-1-4-14/h2-3,6,14H,1,4-5H2,(H,12,13). The number of rotatable bonds is 4. The molecule has 0 radical (unpaired) electrons. The van der Waals surface area contributed by atoms with Crippen LogP contribution in [0.3, 0.4) is 0 Å². The number of H-pyrrole nitrogens is 1. The monoisotopic (exact) mass is 242 g/mol. The topological polar surface area (TPSA) is 48.9 Å². The highest BCUT2D eigenvalue weighted by molar-refractivity contribution is 7.99. The highest BCUT2D eigenvalue weighted by Gasteiger charge is 2.03. The van der Waals surface area contributed by atoms with Crippen LogP contribution in [-0.4, -0.2) is 27.4 Å². The molecule has 15 heavy (non-hydrogen) atoms. The normalized spacial score (nSPS) is 11.1. The Balaban J connectivity index is 2.16. The highest BCUT2D eigenvalue weighted by Crippen LogP contribution is 2.22. The smallest absolute Gasteiger partial charge is 0.166 e. The van der Waals surface area contributed by atoms with Crippen molar-refractivity contribution in [3.8, 4) is 0 Å². The molecule has 0 aliphatic heterocycles. The third kappa shape index (κ3) is 2.65. The summed E-state index contributed by atoms with van der Waals surface area (Å²) >= 11 is 7.47. The number of benzene rings is 1. The third-order valence-electron chi connectivity index (χ3n) is 1.96. The molecule has 0 spiro atoms. The summed E-state index contributed by atoms with van der Waals surface area (Å²) in [5.74, 6) is 0.865. The lowest BCUT2D eigenvalue weighted by Crippen LogP contribution is -1.85. The van der Waals surface area contributed by atoms with Gasteiger partial charge in [0.25, 0.3) is 0 Å². The van der Waals surface area contributed by atoms with Gasteiger partial charge < -0.3 is 10.1 Å². The van der Waals surface area contributed by atoms with Crippen molar-refractivity contribution in [1.29, 1.82) is 0 Å². The van der Waals surface area contributed by atoms with Crippen LogP contribution in [0.1, 0.15) is 6.42 Å². The maximum absolute atomic E-state index is 8.66. The van der Waals surface area contributed by atoms with E-state index in [-0.39, 0.29) is 6.61 Å². The van der Waals surface area contributed by atoms with Gasteiger partial charge in [-0.25, -0.2) is 4.98 Å². The maximum Gasteiger partial charge on any atom is 0.166 e. The minimum Gasteiger partial charge on any atom is -0.396 e. The molecule has 2 N–H and O–H groups in total. The molecule has 5 heteroatoms. The number of fused-ring (bicyclic) bond motifs is 1. The summed E-state index contributed by atoms with van der Waals surface area (Å²) in [6.45, 7) is 0.221. The largest absolute Gasteiger partial charge is 0.396 e. The quantitative estimate of drug-likeness (QED) is 0.640. The first-order chi connectivity index (χ1) is 7.29. The summed E-state index contributed by atoms with van der Waals surface area (Å²) in [5.41, 5.74) is 1.87. The van der Waals surface area contributed by atoms with Gasteiger partial charge in [0.1, 0.15) is 0 Å². The summed E-state index contributed by atoms with van der Waals surface area (Å²) in [6.07, 6.45) is 0.780. The van der Waals surface area contributed by atoms with E-state index in [4.69, 9.17) is 16.7 Å². The molecule has 0 atom stereocenters. The predicted octanol–water partition coefficient (Wildman–Crippen LogP) is 2.69. The Kier molecular flexibility index (Phi) is 3.51. The summed E-state index contributed by atoms with van der Waals surface area (Å²) in [4.78, 5) is 7.57. The summed E-state index contributed by atoms with van der Waals surface area (Å²) < 4.78 is 0. The molecular formula is C10H11ClN2OS. The van der Waals surface area contributed by atoms with Crippen LogP contribution >= 0.6 is 23.4 Å². The number of aliphatic hydroxyl groups excluding tert-OH is 1. The fraction of sp³-hybridized carbons (Fsp3) is 0.300. The lowest BCUT2D eigenvalue weighted by atomic mass is 10.3. The summed E-state index contributed by atoms with van der Waals surface area (Å²) in [6, 6.07) is 5.58. The molecule has 0 aliphatic carbocycles. The Labute approximate surface area is 96.9 Å². The van der Waals surface area contributed by atoms with Gasteiger partial charge in [-0.2, -0.15) is 0 Å². The number of aromatic nitrogens is 2. The Hall–Kier alpha value is -0.710. The van der Waals surface area contributed by atoms with Crippen LogP contribution in [0.25, 0.3) is 11.0 Å². The lowest BCUT2D eigenvalue weighted by Gasteiger charge is -1.93. The van der Waals surface area contributed by atoms with Crippen molar-refractivity contribution in [2.24, 2.45) is 0 Å². The second-order valence-electron chi connectivity index (χ2n) is 3.13. The van der Waals surface area contributed by atoms with Crippen molar-refractivity contribution in [1.82, 2.24) is 9.97 Å². The molecule has 80 valence electrons. The minimum atomic E-state index is 0.221. The SMILES string of the molecule is OCCCSc1nc2ccc(Cl)cc2[nH]1. The zero-order valence-corrected chi connectivity index (χ0v) is 9.61. The minimum absolute atomic E-state index is 0.221. The second kappa shape index (κ2) is 4.88. The number of thioether (sulfide) groups is 1. The maximum atomic E-state index is 8.66. The summed E-state index contributed by atoms with van der Waals surface area (Å²) in [7, 11) is 0. The van der Waals surface area contributed by atoms with Gasteiger partial charge in [-0.3, -0.25) is 0 Å². The van der Waals surface area contributed by atoms with Gasteiger partial charge in [0.2, 0.25) is 0 Å². The highest BCUT2D eigenvalue weighted by atomic mass is 35.5. The Morgan fingerprint density at radius 1 is 1.47 bits per heavy atom. The fourth-order valence-electron chi connectivity index (χ4n) is 1.26. The van der Waals surface area contributed by atoms with E-state index < -0.39 is 0 Å². The number of nitrogens with one attached hydrogen (secondary N) is 1. The fourth-order valence-corrected chi connectivity index (χ4v) is 2.24. The molecule has 0 saturated heterocycles. The molecule has 0 fully saturated rings. The Morgan fingerprint density at radius 2 is 2.33 bits per heavy atom. The van der Waals surface area contributed by atoms with E-state index >= 15 is 0 Å². The molecule has 3 nitrogen and oxygen atoms in total. The molecule has 2 aromatic rings. The van der Waals surface area contributed by atoms with Gasteiger partial charge in [0.15, 0.2) is 5.16 Å². The van der Waals surface area contributed by atoms with Gasteiger partial charge in [-0.15, -0.1) is 0 Å². The van der Waals surface area contributed by atoms with Crippen LogP contribution in [0.15, 0.2) is 23.4 Å². The predicted molar refractivity (Wildman–Crippen MR) is 63.5 cm³/mol. The van der Waals surface area contributed by atoms with E-state index in [1.165, 1.54) is 0 Å². The molecule has 0 bridgehead atoms. The first kappa shape index (κ1) is 10.8. The lowest BCUT2D eigenvalue weighted by molar-refractivity contribution is 0.296. The van der Waals surface area contributed by atoms with Crippen molar-refractivity contribution < 1.29 is 5.11 Å². The van der Waals surface area contributed by atoms with Crippen molar-refractivity contribution in [2.75, 3.05) is 12.4 Å². The molecule has 1 aromatic carbocycles. The van der Waals surface area contributed by atoms with E-state index in [1.807, 2.05) is 18.2 Å². The number of hydrogen-bond donors (Lipinski definition) is 2. The molecule has 0 aliphatic rings. The van der Waals surface area contributed by atoms with Gasteiger partial charge >= 0.3 is 0 Å². The number of nitrogens with zero attached hydrogens (tertiary/aromatic N) is 1. The van der Waals surface area contributed by atoms with Crippen molar-refractivity contribution in [3.63, 3.8) is 0 Å². The molecule has 1 aromatic heterocycles. The molecule has 1 heterocycles. The first-order valence-electron chi connectivity index (χ1n) is 4.68. The van der Waals surface area contributed by atoms with Gasteiger partial charge in [0.05, 0.1) is 11.0 Å². The number of halogens is 1. The number of aliphatic hydroxyl groups is 1. The van der Waals surface area contributed by atoms with Crippen LogP contribution in [0, 0.1) is 0 Å². The van der Waals surface area contributed by atoms with Crippen molar-refractivity contribution >= 4 is 34.4 Å². The van der Waals surface area contributed by atoms with E-state index in [9.17, 15) is 0 Å². The van der Waals surface area contributed by atoms with Crippen molar-refractivity contribution in [3.05, 3.63) is 23.2 Å². The van der Waals surface area contributed by atoms with Gasteiger partial charge in [0, 0.05) is 17.4 Å². The van der Waals surface area contributed by atoms with Crippen LogP contribution in [0.4, 0.5) is 0 Å². The molecule has 0 amide bonds. The van der Waals surface area contributed by atoms with Crippen molar-refractivity contribution in [2.45, 2.75) is 11.6 Å². The van der Waals surface area contributed by atoms with E-state index in [2.05, 4.69) is 9.97 Å². The van der Waals surface area contributed by atoms with Gasteiger partial charge in [-0.1, -0.05) is 23.4 Å². The van der Waals surface area contributed by atoms with E-state index in [1.54, 1.807) is 11.8 Å². The molecule has 0 unspecified atom stereocenters. The average Bonchev–Trinajstić information content (AvgIpc) is 2.60. The summed E-state index contributed by atoms with van der Waals surface area (Å²) in [5, 5.41) is 10.2. The third-order valence-corrected chi connectivity index (χ3v) is 3.16. The van der Waals surface area contributed by atoms with Crippen LogP contribution in [-0.2, 0) is 0 Å². The Bertz CT molecular complexity index is 458. The van der Waals surface area contributed by atoms with E-state index in [0.717, 1.165) is 28.4 Å². The zero-order valence-electron chi connectivity index (χ0n) is 8.03. The molecule has 0 saturated carbocycles. The van der Waals surface area contributed by atoms with Crippen LogP contribution in [0.2, 0.25) is 5.02 Å². The van der Waals surface area contributed by atoms with E-state index in [0.29, 0.717) is 5.02 Å². The van der Waals surface area contributed by atoms with Gasteiger partial charge in [-0.05, 0) is 24.6 Å². The average molecular weight is 243 g/mol. The molecule has 2 rings (SSSR count). The second-order valence-corrected chi connectivity index (χ2v) is 4.65. The Morgan fingerprint density at radius 3 is 3.13 bits per heavy atom. The number of imidazole rings is 1. The van der Waals surface area contributed by atoms with Crippen LogP contribution < -0.4 is 0 Å². The number of hydrogen-bond acceptors (Lipinski definition) is 3. The zero-order chi connectivity index (χ0) is 10.7. The van der Waals surface area contributed by atoms with Crippen LogP contribution in [0.5, 0.6) is 0 Å². The molecular weight excluding hydrogens is 232 g/mol.